The Bertz CT molecular complexity index is 306. The summed E-state index contributed by atoms with van der Waals surface area (Å²) < 4.78 is 1.53. The molecule has 0 fully saturated rings. The molecule has 1 aromatic rings. The molecule has 5 heteroatoms. The Kier molecular flexibility index (Phi) is 2.03. The fourth-order valence-corrected chi connectivity index (χ4v) is 1.02. The fraction of sp³-hybridized carbons (Fsp3) is 0.429. The van der Waals surface area contributed by atoms with Crippen molar-refractivity contribution in [3.63, 3.8) is 0 Å². The lowest BCUT2D eigenvalue weighted by Crippen LogP contribution is -2.15. The fourth-order valence-electron chi connectivity index (χ4n) is 1.02. The monoisotopic (exact) mass is 169 g/mol. The lowest BCUT2D eigenvalue weighted by atomic mass is 10.3. The van der Waals surface area contributed by atoms with Gasteiger partial charge in [-0.25, -0.2) is 9.78 Å². The van der Waals surface area contributed by atoms with Crippen molar-refractivity contribution in [2.75, 3.05) is 5.73 Å². The van der Waals surface area contributed by atoms with Crippen LogP contribution in [0.25, 0.3) is 0 Å². The zero-order valence-corrected chi connectivity index (χ0v) is 6.98. The minimum absolute atomic E-state index is 0.348. The van der Waals surface area contributed by atoms with Crippen molar-refractivity contribution < 1.29 is 9.90 Å². The Balaban J connectivity index is 3.02. The maximum Gasteiger partial charge on any atom is 0.326 e. The number of imidazole rings is 1. The van der Waals surface area contributed by atoms with Crippen molar-refractivity contribution >= 4 is 11.8 Å². The van der Waals surface area contributed by atoms with Gasteiger partial charge >= 0.3 is 5.97 Å². The third-order valence-electron chi connectivity index (χ3n) is 1.71. The third kappa shape index (κ3) is 1.39. The second-order valence-electron chi connectivity index (χ2n) is 2.63. The lowest BCUT2D eigenvalue weighted by molar-refractivity contribution is -0.140. The molecule has 0 spiro atoms. The molecule has 0 bridgehead atoms. The van der Waals surface area contributed by atoms with Crippen LogP contribution in [-0.2, 0) is 4.79 Å². The Morgan fingerprint density at radius 1 is 1.83 bits per heavy atom. The Hall–Kier alpha value is -1.52. The van der Waals surface area contributed by atoms with E-state index in [2.05, 4.69) is 4.98 Å². The number of aryl methyl sites for hydroxylation is 1. The molecule has 0 amide bonds. The van der Waals surface area contributed by atoms with Gasteiger partial charge in [0.2, 0.25) is 0 Å². The number of hydrogen-bond donors (Lipinski definition) is 2. The van der Waals surface area contributed by atoms with Gasteiger partial charge in [0, 0.05) is 6.20 Å². The number of carboxylic acids is 1. The molecule has 0 aliphatic heterocycles. The van der Waals surface area contributed by atoms with E-state index in [1.54, 1.807) is 13.8 Å². The van der Waals surface area contributed by atoms with E-state index in [0.717, 1.165) is 0 Å². The molecular weight excluding hydrogens is 158 g/mol. The first-order valence-electron chi connectivity index (χ1n) is 3.56. The van der Waals surface area contributed by atoms with Crippen LogP contribution in [-0.4, -0.2) is 20.6 Å². The van der Waals surface area contributed by atoms with Crippen molar-refractivity contribution in [2.45, 2.75) is 19.9 Å². The van der Waals surface area contributed by atoms with Crippen molar-refractivity contribution in [3.8, 4) is 0 Å². The number of aliphatic carboxylic acids is 1. The summed E-state index contributed by atoms with van der Waals surface area (Å²) in [5.41, 5.74) is 5.39. The summed E-state index contributed by atoms with van der Waals surface area (Å²) in [4.78, 5) is 14.5. The van der Waals surface area contributed by atoms with Crippen LogP contribution in [0, 0.1) is 6.92 Å². The highest BCUT2D eigenvalue weighted by molar-refractivity contribution is 5.71. The molecule has 0 saturated heterocycles. The summed E-state index contributed by atoms with van der Waals surface area (Å²) in [5, 5.41) is 8.68. The van der Waals surface area contributed by atoms with E-state index in [-0.39, 0.29) is 0 Å². The van der Waals surface area contributed by atoms with E-state index in [1.807, 2.05) is 0 Å². The average molecular weight is 169 g/mol. The van der Waals surface area contributed by atoms with Crippen LogP contribution in [0.15, 0.2) is 6.20 Å². The van der Waals surface area contributed by atoms with E-state index >= 15 is 0 Å². The summed E-state index contributed by atoms with van der Waals surface area (Å²) in [5.74, 6) is 0.0681. The van der Waals surface area contributed by atoms with E-state index in [9.17, 15) is 4.79 Å². The van der Waals surface area contributed by atoms with Gasteiger partial charge in [0.15, 0.2) is 0 Å². The molecule has 12 heavy (non-hydrogen) atoms. The number of carboxylic acid groups (broad SMARTS) is 1. The molecular formula is C7H11N3O2. The van der Waals surface area contributed by atoms with Crippen LogP contribution in [0.2, 0.25) is 0 Å². The van der Waals surface area contributed by atoms with Crippen LogP contribution in [0.4, 0.5) is 5.82 Å². The number of anilines is 1. The summed E-state index contributed by atoms with van der Waals surface area (Å²) in [6.07, 6.45) is 1.52. The number of carbonyl (C=O) groups is 1. The minimum Gasteiger partial charge on any atom is -0.480 e. The molecule has 0 aliphatic rings. The highest BCUT2D eigenvalue weighted by Gasteiger charge is 2.15. The van der Waals surface area contributed by atoms with Crippen molar-refractivity contribution in [1.29, 1.82) is 0 Å². The largest absolute Gasteiger partial charge is 0.480 e. The van der Waals surface area contributed by atoms with E-state index in [1.165, 1.54) is 10.8 Å². The second-order valence-corrected chi connectivity index (χ2v) is 2.63. The highest BCUT2D eigenvalue weighted by atomic mass is 16.4. The molecule has 0 aliphatic carbocycles. The lowest BCUT2D eigenvalue weighted by Gasteiger charge is -2.08. The zero-order chi connectivity index (χ0) is 9.30. The highest BCUT2D eigenvalue weighted by Crippen LogP contribution is 2.11. The van der Waals surface area contributed by atoms with Gasteiger partial charge < -0.3 is 15.4 Å². The first-order valence-corrected chi connectivity index (χ1v) is 3.56. The molecule has 1 atom stereocenters. The minimum atomic E-state index is -0.893. The SMILES string of the molecule is Cc1nc(N)cn1[C@@H](C)C(=O)O. The molecule has 3 N–H and O–H groups in total. The molecule has 1 rings (SSSR count). The molecule has 0 saturated carbocycles. The molecule has 5 nitrogen and oxygen atoms in total. The quantitative estimate of drug-likeness (QED) is 0.672. The molecule has 0 aromatic carbocycles. The summed E-state index contributed by atoms with van der Waals surface area (Å²) in [6.45, 7) is 3.30. The van der Waals surface area contributed by atoms with Crippen LogP contribution < -0.4 is 5.73 Å². The van der Waals surface area contributed by atoms with Crippen LogP contribution >= 0.6 is 0 Å². The van der Waals surface area contributed by atoms with E-state index in [0.29, 0.717) is 11.6 Å². The first-order chi connectivity index (χ1) is 5.52. The smallest absolute Gasteiger partial charge is 0.326 e. The molecule has 1 aromatic heterocycles. The van der Waals surface area contributed by atoms with Crippen molar-refractivity contribution in [1.82, 2.24) is 9.55 Å². The number of aromatic nitrogens is 2. The van der Waals surface area contributed by atoms with Gasteiger partial charge in [-0.2, -0.15) is 0 Å². The van der Waals surface area contributed by atoms with Crippen LogP contribution in [0.1, 0.15) is 18.8 Å². The summed E-state index contributed by atoms with van der Waals surface area (Å²) >= 11 is 0. The van der Waals surface area contributed by atoms with Crippen molar-refractivity contribution in [3.05, 3.63) is 12.0 Å². The third-order valence-corrected chi connectivity index (χ3v) is 1.71. The standard InChI is InChI=1S/C7H11N3O2/c1-4(7(11)12)10-3-6(8)9-5(10)2/h3-4H,8H2,1-2H3,(H,11,12)/t4-/m0/s1. The Labute approximate surface area is 69.8 Å². The van der Waals surface area contributed by atoms with Gasteiger partial charge in [0.05, 0.1) is 0 Å². The maximum absolute atomic E-state index is 10.6. The number of nitrogens with two attached hydrogens (primary N) is 1. The van der Waals surface area contributed by atoms with E-state index in [4.69, 9.17) is 10.8 Å². The van der Waals surface area contributed by atoms with Gasteiger partial charge in [-0.05, 0) is 13.8 Å². The number of rotatable bonds is 2. The summed E-state index contributed by atoms with van der Waals surface area (Å²) in [6, 6.07) is -0.616. The second kappa shape index (κ2) is 2.84. The van der Waals surface area contributed by atoms with E-state index < -0.39 is 12.0 Å². The topological polar surface area (TPSA) is 81.1 Å². The number of hydrogen-bond acceptors (Lipinski definition) is 3. The number of nitrogens with zero attached hydrogens (tertiary/aromatic N) is 2. The van der Waals surface area contributed by atoms with Gasteiger partial charge in [-0.15, -0.1) is 0 Å². The van der Waals surface area contributed by atoms with Crippen LogP contribution in [0.3, 0.4) is 0 Å². The van der Waals surface area contributed by atoms with Gasteiger partial charge in [0.1, 0.15) is 17.7 Å². The van der Waals surface area contributed by atoms with Gasteiger partial charge in [-0.3, -0.25) is 0 Å². The normalized spacial score (nSPS) is 12.8. The number of nitrogen functional groups attached to an aromatic ring is 1. The van der Waals surface area contributed by atoms with Gasteiger partial charge in [0.25, 0.3) is 0 Å². The Morgan fingerprint density at radius 3 is 2.75 bits per heavy atom. The Morgan fingerprint density at radius 2 is 2.42 bits per heavy atom. The molecule has 66 valence electrons. The van der Waals surface area contributed by atoms with Gasteiger partial charge in [-0.1, -0.05) is 0 Å². The predicted octanol–water partition coefficient (Wildman–Crippen LogP) is 0.419. The molecule has 1 heterocycles. The maximum atomic E-state index is 10.6. The predicted molar refractivity (Wildman–Crippen MR) is 43.7 cm³/mol. The first kappa shape index (κ1) is 8.58. The zero-order valence-electron chi connectivity index (χ0n) is 6.98. The molecule has 0 radical (unpaired) electrons. The summed E-state index contributed by atoms with van der Waals surface area (Å²) in [7, 11) is 0. The molecule has 0 unspecified atom stereocenters. The van der Waals surface area contributed by atoms with Crippen LogP contribution in [0.5, 0.6) is 0 Å². The average Bonchev–Trinajstić information content (AvgIpc) is 2.28. The van der Waals surface area contributed by atoms with Crippen molar-refractivity contribution in [2.24, 2.45) is 0 Å².